The quantitative estimate of drug-likeness (QED) is 0.785. The molecule has 1 aliphatic carbocycles. The van der Waals surface area contributed by atoms with E-state index >= 15 is 0 Å². The van der Waals surface area contributed by atoms with Gasteiger partial charge in [0.1, 0.15) is 12.4 Å². The Balaban J connectivity index is 1.73. The maximum absolute atomic E-state index is 6.12. The molecule has 0 saturated heterocycles. The van der Waals surface area contributed by atoms with Gasteiger partial charge in [0, 0.05) is 0 Å². The van der Waals surface area contributed by atoms with Gasteiger partial charge < -0.3 is 4.74 Å². The fraction of sp³-hybridized carbons (Fsp3) is 0.412. The molecule has 0 spiro atoms. The minimum Gasteiger partial charge on any atom is -0.474 e. The average Bonchev–Trinajstić information content (AvgIpc) is 2.48. The van der Waals surface area contributed by atoms with Crippen molar-refractivity contribution in [3.8, 4) is 5.88 Å². The smallest absolute Gasteiger partial charge is 0.224 e. The second kappa shape index (κ2) is 5.61. The fourth-order valence-corrected chi connectivity index (χ4v) is 2.91. The van der Waals surface area contributed by atoms with E-state index in [1.54, 1.807) is 6.33 Å². The monoisotopic (exact) mass is 268 g/mol. The molecule has 0 aliphatic heterocycles. The van der Waals surface area contributed by atoms with Gasteiger partial charge in [-0.15, -0.1) is 0 Å². The molecule has 0 atom stereocenters. The first-order chi connectivity index (χ1) is 9.74. The van der Waals surface area contributed by atoms with E-state index in [9.17, 15) is 0 Å². The molecule has 0 N–H and O–H groups in total. The molecule has 0 amide bonds. The molecule has 3 nitrogen and oxygen atoms in total. The van der Waals surface area contributed by atoms with E-state index in [-0.39, 0.29) is 6.10 Å². The van der Waals surface area contributed by atoms with E-state index in [4.69, 9.17) is 4.74 Å². The summed E-state index contributed by atoms with van der Waals surface area (Å²) >= 11 is 0. The zero-order valence-electron chi connectivity index (χ0n) is 11.9. The topological polar surface area (TPSA) is 35.0 Å². The van der Waals surface area contributed by atoms with Crippen molar-refractivity contribution in [3.05, 3.63) is 42.7 Å². The summed E-state index contributed by atoms with van der Waals surface area (Å²) < 4.78 is 6.12. The number of hydrogen-bond acceptors (Lipinski definition) is 3. The van der Waals surface area contributed by atoms with Gasteiger partial charge in [-0.05, 0) is 50.7 Å². The Bertz CT molecular complexity index is 610. The third-order valence-corrected chi connectivity index (χ3v) is 4.16. The van der Waals surface area contributed by atoms with Gasteiger partial charge in [0.05, 0.1) is 10.9 Å². The minimum absolute atomic E-state index is 0.268. The average molecular weight is 268 g/mol. The molecule has 1 aromatic heterocycles. The summed E-state index contributed by atoms with van der Waals surface area (Å²) in [5.74, 6) is 1.38. The second-order valence-corrected chi connectivity index (χ2v) is 5.63. The first kappa shape index (κ1) is 13.1. The lowest BCUT2D eigenvalue weighted by molar-refractivity contribution is 0.135. The molecule has 1 heterocycles. The van der Waals surface area contributed by atoms with Crippen molar-refractivity contribution in [3.63, 3.8) is 0 Å². The third kappa shape index (κ3) is 2.67. The van der Waals surface area contributed by atoms with Gasteiger partial charge in [-0.3, -0.25) is 0 Å². The summed E-state index contributed by atoms with van der Waals surface area (Å²) in [6.45, 7) is 6.20. The molecule has 3 heteroatoms. The van der Waals surface area contributed by atoms with Gasteiger partial charge in [-0.1, -0.05) is 24.3 Å². The van der Waals surface area contributed by atoms with E-state index in [1.165, 1.54) is 18.4 Å². The highest BCUT2D eigenvalue weighted by Crippen LogP contribution is 2.32. The first-order valence-corrected chi connectivity index (χ1v) is 7.26. The number of rotatable bonds is 3. The molecular weight excluding hydrogens is 248 g/mol. The van der Waals surface area contributed by atoms with Crippen LogP contribution in [-0.4, -0.2) is 16.1 Å². The van der Waals surface area contributed by atoms with Crippen LogP contribution in [0.15, 0.2) is 42.7 Å². The number of hydrogen-bond donors (Lipinski definition) is 0. The summed E-state index contributed by atoms with van der Waals surface area (Å²) in [7, 11) is 0. The molecule has 3 rings (SSSR count). The number of aromatic nitrogens is 2. The predicted octanol–water partition coefficient (Wildman–Crippen LogP) is 4.14. The second-order valence-electron chi connectivity index (χ2n) is 5.63. The summed E-state index contributed by atoms with van der Waals surface area (Å²) in [5, 5.41) is 0.997. The molecular formula is C17H20N2O. The van der Waals surface area contributed by atoms with Crippen LogP contribution >= 0.6 is 0 Å². The largest absolute Gasteiger partial charge is 0.474 e. The zero-order chi connectivity index (χ0) is 13.9. The highest BCUT2D eigenvalue weighted by atomic mass is 16.5. The van der Waals surface area contributed by atoms with Crippen molar-refractivity contribution < 1.29 is 4.74 Å². The van der Waals surface area contributed by atoms with E-state index in [2.05, 4.69) is 23.5 Å². The van der Waals surface area contributed by atoms with E-state index < -0.39 is 0 Å². The van der Waals surface area contributed by atoms with Crippen LogP contribution in [0.3, 0.4) is 0 Å². The lowest BCUT2D eigenvalue weighted by Crippen LogP contribution is -2.24. The normalized spacial score (nSPS) is 22.6. The number of para-hydroxylation sites is 1. The van der Waals surface area contributed by atoms with Crippen molar-refractivity contribution >= 4 is 10.9 Å². The van der Waals surface area contributed by atoms with E-state index in [1.807, 2.05) is 24.3 Å². The molecule has 20 heavy (non-hydrogen) atoms. The molecule has 104 valence electrons. The van der Waals surface area contributed by atoms with Gasteiger partial charge in [-0.2, -0.15) is 0 Å². The first-order valence-electron chi connectivity index (χ1n) is 7.26. The fourth-order valence-electron chi connectivity index (χ4n) is 2.91. The Kier molecular flexibility index (Phi) is 3.68. The van der Waals surface area contributed by atoms with Crippen molar-refractivity contribution in [2.45, 2.75) is 38.7 Å². The van der Waals surface area contributed by atoms with Crippen molar-refractivity contribution in [1.29, 1.82) is 0 Å². The Hall–Kier alpha value is -1.90. The summed E-state index contributed by atoms with van der Waals surface area (Å²) in [6.07, 6.45) is 6.35. The van der Waals surface area contributed by atoms with Crippen molar-refractivity contribution in [2.24, 2.45) is 5.92 Å². The molecule has 1 aliphatic rings. The maximum Gasteiger partial charge on any atom is 0.224 e. The van der Waals surface area contributed by atoms with Gasteiger partial charge in [-0.25, -0.2) is 9.97 Å². The SMILES string of the molecule is C=C(C)C1CCC(Oc2ncnc3ccccc23)CC1. The van der Waals surface area contributed by atoms with Gasteiger partial charge in [0.15, 0.2) is 0 Å². The standard InChI is InChI=1S/C17H20N2O/c1-12(2)13-7-9-14(10-8-13)20-17-15-5-3-4-6-16(15)18-11-19-17/h3-6,11,13-14H,1,7-10H2,2H3. The predicted molar refractivity (Wildman–Crippen MR) is 80.7 cm³/mol. The zero-order valence-corrected chi connectivity index (χ0v) is 11.9. The Morgan fingerprint density at radius 2 is 1.90 bits per heavy atom. The Labute approximate surface area is 119 Å². The lowest BCUT2D eigenvalue weighted by atomic mass is 9.83. The maximum atomic E-state index is 6.12. The number of fused-ring (bicyclic) bond motifs is 1. The number of ether oxygens (including phenoxy) is 1. The van der Waals surface area contributed by atoms with Crippen LogP contribution in [0.2, 0.25) is 0 Å². The summed E-state index contributed by atoms with van der Waals surface area (Å²) in [5.41, 5.74) is 2.24. The van der Waals surface area contributed by atoms with Crippen LogP contribution in [0.1, 0.15) is 32.6 Å². The van der Waals surface area contributed by atoms with Crippen LogP contribution in [0.25, 0.3) is 10.9 Å². The van der Waals surface area contributed by atoms with Crippen LogP contribution in [0, 0.1) is 5.92 Å². The number of allylic oxidation sites excluding steroid dienone is 1. The van der Waals surface area contributed by atoms with Gasteiger partial charge in [0.25, 0.3) is 0 Å². The minimum atomic E-state index is 0.268. The number of benzene rings is 1. The Morgan fingerprint density at radius 3 is 2.65 bits per heavy atom. The highest BCUT2D eigenvalue weighted by molar-refractivity contribution is 5.82. The van der Waals surface area contributed by atoms with E-state index in [0.717, 1.165) is 29.6 Å². The van der Waals surface area contributed by atoms with E-state index in [0.29, 0.717) is 5.92 Å². The third-order valence-electron chi connectivity index (χ3n) is 4.16. The molecule has 1 saturated carbocycles. The lowest BCUT2D eigenvalue weighted by Gasteiger charge is -2.29. The number of nitrogens with zero attached hydrogens (tertiary/aromatic N) is 2. The molecule has 0 unspecified atom stereocenters. The van der Waals surface area contributed by atoms with Crippen LogP contribution < -0.4 is 4.74 Å². The van der Waals surface area contributed by atoms with Crippen molar-refractivity contribution in [1.82, 2.24) is 9.97 Å². The van der Waals surface area contributed by atoms with Crippen molar-refractivity contribution in [2.75, 3.05) is 0 Å². The van der Waals surface area contributed by atoms with Crippen LogP contribution in [0.5, 0.6) is 5.88 Å². The molecule has 0 radical (unpaired) electrons. The Morgan fingerprint density at radius 1 is 1.15 bits per heavy atom. The van der Waals surface area contributed by atoms with Gasteiger partial charge in [0.2, 0.25) is 5.88 Å². The van der Waals surface area contributed by atoms with Crippen LogP contribution in [-0.2, 0) is 0 Å². The molecule has 2 aromatic rings. The molecule has 0 bridgehead atoms. The summed E-state index contributed by atoms with van der Waals surface area (Å²) in [6, 6.07) is 7.99. The molecule has 1 aromatic carbocycles. The highest BCUT2D eigenvalue weighted by Gasteiger charge is 2.23. The van der Waals surface area contributed by atoms with Crippen LogP contribution in [0.4, 0.5) is 0 Å². The molecule has 1 fully saturated rings. The van der Waals surface area contributed by atoms with Gasteiger partial charge >= 0.3 is 0 Å². The summed E-state index contributed by atoms with van der Waals surface area (Å²) in [4.78, 5) is 8.57.